The van der Waals surface area contributed by atoms with Crippen molar-refractivity contribution in [3.63, 3.8) is 0 Å². The Morgan fingerprint density at radius 1 is 0.630 bits per heavy atom. The number of carbonyl (C=O) groups excluding carboxylic acids is 4. The number of rotatable bonds is 14. The van der Waals surface area contributed by atoms with E-state index in [0.29, 0.717) is 25.7 Å². The number of Topliss-reactive ketones (excluding diaryl/α,β-unsaturated/α-hetero) is 2. The van der Waals surface area contributed by atoms with Crippen LogP contribution in [0.4, 0.5) is 0 Å². The third kappa shape index (κ3) is 36.7. The molecule has 6 nitrogen and oxygen atoms in total. The molecule has 0 N–H and O–H groups in total. The molecule has 0 amide bonds. The number of carboxylic acid groups (broad SMARTS) is 2. The van der Waals surface area contributed by atoms with E-state index in [2.05, 4.69) is 13.8 Å². The predicted octanol–water partition coefficient (Wildman–Crippen LogP) is 2.12. The van der Waals surface area contributed by atoms with Gasteiger partial charge in [0, 0.05) is 37.6 Å². The number of aliphatic carboxylic acids is 2. The van der Waals surface area contributed by atoms with Crippen molar-refractivity contribution in [1.29, 1.82) is 0 Å². The van der Waals surface area contributed by atoms with Crippen LogP contribution in [0.5, 0.6) is 0 Å². The molecule has 0 aliphatic rings. The molecule has 0 aromatic rings. The summed E-state index contributed by atoms with van der Waals surface area (Å²) in [5.74, 6) is -3.07. The summed E-state index contributed by atoms with van der Waals surface area (Å²) in [7, 11) is 0. The summed E-state index contributed by atoms with van der Waals surface area (Å²) < 4.78 is 3.25. The first-order valence-electron chi connectivity index (χ1n) is 9.88. The summed E-state index contributed by atoms with van der Waals surface area (Å²) in [5.41, 5.74) is 0. The Hall–Kier alpha value is -0.921. The van der Waals surface area contributed by atoms with E-state index in [1.807, 2.05) is 13.8 Å². The average molecular weight is 491 g/mol. The number of carboxylic acids is 2. The molecule has 7 heteroatoms. The number of carbonyl (C=O) groups is 4. The molecule has 0 aliphatic heterocycles. The second kappa shape index (κ2) is 25.1. The maximum atomic E-state index is 10.4. The topological polar surface area (TPSA) is 114 Å². The SMILES string of the molecule is CCCC(=O)CC(=O)[O-].CCCC(=O)CC(=O)[O-].CCC[CH2][Sn+2][CH2]CCC. The van der Waals surface area contributed by atoms with Gasteiger partial charge in [0.1, 0.15) is 11.6 Å². The van der Waals surface area contributed by atoms with Crippen LogP contribution in [-0.2, 0) is 19.2 Å². The molecule has 0 aromatic carbocycles. The first-order valence-corrected chi connectivity index (χ1v) is 13.9. The van der Waals surface area contributed by atoms with Crippen molar-refractivity contribution < 1.29 is 29.4 Å². The van der Waals surface area contributed by atoms with Crippen molar-refractivity contribution in [2.45, 2.75) is 101 Å². The fourth-order valence-corrected chi connectivity index (χ4v) is 5.94. The molecule has 0 saturated heterocycles. The number of hydrogen-bond donors (Lipinski definition) is 0. The molecular formula is C20H36O6Sn. The van der Waals surface area contributed by atoms with Crippen LogP contribution in [0, 0.1) is 0 Å². The molecule has 0 atom stereocenters. The van der Waals surface area contributed by atoms with E-state index in [1.54, 1.807) is 8.87 Å². The van der Waals surface area contributed by atoms with E-state index < -0.39 is 24.8 Å². The Morgan fingerprint density at radius 3 is 1.19 bits per heavy atom. The van der Waals surface area contributed by atoms with Gasteiger partial charge in [-0.1, -0.05) is 13.8 Å². The normalized spacial score (nSPS) is 9.04. The molecular weight excluding hydrogens is 455 g/mol. The second-order valence-corrected chi connectivity index (χ2v) is 10.4. The molecule has 0 aromatic heterocycles. The molecule has 156 valence electrons. The Labute approximate surface area is 174 Å². The molecule has 0 bridgehead atoms. The van der Waals surface area contributed by atoms with E-state index >= 15 is 0 Å². The third-order valence-corrected chi connectivity index (χ3v) is 7.19. The van der Waals surface area contributed by atoms with Gasteiger partial charge in [-0.05, 0) is 12.8 Å². The molecule has 27 heavy (non-hydrogen) atoms. The Kier molecular flexibility index (Phi) is 28.6. The Morgan fingerprint density at radius 2 is 0.963 bits per heavy atom. The Balaban J connectivity index is -0.000000320. The van der Waals surface area contributed by atoms with Gasteiger partial charge >= 0.3 is 69.5 Å². The minimum atomic E-state index is -1.28. The van der Waals surface area contributed by atoms with Crippen molar-refractivity contribution in [1.82, 2.24) is 0 Å². The van der Waals surface area contributed by atoms with Gasteiger partial charge < -0.3 is 19.8 Å². The zero-order valence-corrected chi connectivity index (χ0v) is 20.3. The van der Waals surface area contributed by atoms with Crippen molar-refractivity contribution in [3.8, 4) is 0 Å². The van der Waals surface area contributed by atoms with Crippen LogP contribution in [0.1, 0.15) is 91.9 Å². The van der Waals surface area contributed by atoms with Crippen LogP contribution in [-0.4, -0.2) is 44.6 Å². The number of unbranched alkanes of at least 4 members (excludes halogenated alkanes) is 2. The van der Waals surface area contributed by atoms with E-state index in [9.17, 15) is 29.4 Å². The summed E-state index contributed by atoms with van der Waals surface area (Å²) in [6.07, 6.45) is 7.05. The first kappa shape index (κ1) is 30.8. The molecule has 0 rings (SSSR count). The van der Waals surface area contributed by atoms with Gasteiger partial charge in [-0.25, -0.2) is 0 Å². The van der Waals surface area contributed by atoms with Gasteiger partial charge in [0.25, 0.3) is 0 Å². The van der Waals surface area contributed by atoms with Crippen LogP contribution in [0.2, 0.25) is 8.87 Å². The molecule has 0 unspecified atom stereocenters. The predicted molar refractivity (Wildman–Crippen MR) is 104 cm³/mol. The number of hydrogen-bond acceptors (Lipinski definition) is 6. The summed E-state index contributed by atoms with van der Waals surface area (Å²) in [5, 5.41) is 19.5. The van der Waals surface area contributed by atoms with Crippen LogP contribution in [0.3, 0.4) is 0 Å². The van der Waals surface area contributed by atoms with Crippen LogP contribution >= 0.6 is 0 Å². The third-order valence-electron chi connectivity index (χ3n) is 3.15. The fourth-order valence-electron chi connectivity index (χ4n) is 1.78. The van der Waals surface area contributed by atoms with E-state index in [1.165, 1.54) is 25.7 Å². The number of ketones is 2. The summed E-state index contributed by atoms with van der Waals surface area (Å²) in [4.78, 5) is 40.4. The first-order chi connectivity index (χ1) is 12.7. The summed E-state index contributed by atoms with van der Waals surface area (Å²) in [6, 6.07) is 0. The molecule has 0 spiro atoms. The van der Waals surface area contributed by atoms with Crippen molar-refractivity contribution >= 4 is 44.6 Å². The van der Waals surface area contributed by atoms with Crippen LogP contribution in [0.15, 0.2) is 0 Å². The van der Waals surface area contributed by atoms with Gasteiger partial charge in [-0.3, -0.25) is 9.59 Å². The second-order valence-electron chi connectivity index (χ2n) is 6.13. The maximum absolute atomic E-state index is 10.4. The zero-order chi connectivity index (χ0) is 21.5. The van der Waals surface area contributed by atoms with Gasteiger partial charge in [0.15, 0.2) is 0 Å². The average Bonchev–Trinajstić information content (AvgIpc) is 2.55. The van der Waals surface area contributed by atoms with Crippen LogP contribution in [0.25, 0.3) is 0 Å². The summed E-state index contributed by atoms with van der Waals surface area (Å²) in [6.45, 7) is 8.23. The standard InChI is InChI=1S/2C6H10O3.2C4H9.Sn/c2*1-2-3-5(7)4-6(8)9;2*1-3-4-2;/h2*2-4H2,1H3,(H,8,9);2*1,3-4H2,2H3;/q;;;;+2/p-2. The van der Waals surface area contributed by atoms with Crippen LogP contribution < -0.4 is 10.2 Å². The molecule has 0 fully saturated rings. The minimum absolute atomic E-state index is 0.149. The van der Waals surface area contributed by atoms with Gasteiger partial charge in [-0.15, -0.1) is 0 Å². The van der Waals surface area contributed by atoms with Crippen molar-refractivity contribution in [2.24, 2.45) is 0 Å². The monoisotopic (exact) mass is 492 g/mol. The zero-order valence-electron chi connectivity index (χ0n) is 17.4. The van der Waals surface area contributed by atoms with Gasteiger partial charge in [0.05, 0.1) is 0 Å². The van der Waals surface area contributed by atoms with Crippen molar-refractivity contribution in [2.75, 3.05) is 0 Å². The quantitative estimate of drug-likeness (QED) is 0.209. The molecule has 0 saturated carbocycles. The van der Waals surface area contributed by atoms with E-state index in [0.717, 1.165) is 0 Å². The summed E-state index contributed by atoms with van der Waals surface area (Å²) >= 11 is 0.149. The fraction of sp³-hybridized carbons (Fsp3) is 0.800. The van der Waals surface area contributed by atoms with E-state index in [-0.39, 0.29) is 32.7 Å². The van der Waals surface area contributed by atoms with Gasteiger partial charge in [-0.2, -0.15) is 0 Å². The molecule has 0 heterocycles. The Bertz CT molecular complexity index is 360. The molecule has 0 aliphatic carbocycles. The van der Waals surface area contributed by atoms with Crippen molar-refractivity contribution in [3.05, 3.63) is 0 Å². The van der Waals surface area contributed by atoms with E-state index in [4.69, 9.17) is 0 Å². The molecule has 0 radical (unpaired) electrons. The van der Waals surface area contributed by atoms with Gasteiger partial charge in [0.2, 0.25) is 0 Å².